The van der Waals surface area contributed by atoms with Gasteiger partial charge in [-0.2, -0.15) is 0 Å². The molecule has 1 aromatic carbocycles. The van der Waals surface area contributed by atoms with Crippen molar-refractivity contribution < 1.29 is 9.53 Å². The van der Waals surface area contributed by atoms with Crippen LogP contribution >= 0.6 is 0 Å². The van der Waals surface area contributed by atoms with Crippen LogP contribution in [0.4, 0.5) is 5.69 Å². The average Bonchev–Trinajstić information content (AvgIpc) is 2.40. The van der Waals surface area contributed by atoms with E-state index in [0.717, 1.165) is 13.1 Å². The largest absolute Gasteiger partial charge is 0.383 e. The molecule has 19 heavy (non-hydrogen) atoms. The maximum absolute atomic E-state index is 11.6. The smallest absolute Gasteiger partial charge is 0.221 e. The molecular weight excluding hydrogens is 240 g/mol. The van der Waals surface area contributed by atoms with Crippen molar-refractivity contribution in [2.45, 2.75) is 20.3 Å². The Kier molecular flexibility index (Phi) is 6.97. The molecule has 0 bridgehead atoms. The monoisotopic (exact) mass is 264 g/mol. The van der Waals surface area contributed by atoms with Crippen molar-refractivity contribution in [3.63, 3.8) is 0 Å². The second-order valence-corrected chi connectivity index (χ2v) is 4.51. The first-order chi connectivity index (χ1) is 9.17. The number of nitrogens with zero attached hydrogens (tertiary/aromatic N) is 1. The molecule has 0 aliphatic carbocycles. The second kappa shape index (κ2) is 8.53. The van der Waals surface area contributed by atoms with Gasteiger partial charge in [0.15, 0.2) is 0 Å². The second-order valence-electron chi connectivity index (χ2n) is 4.51. The van der Waals surface area contributed by atoms with Gasteiger partial charge in [0.2, 0.25) is 5.91 Å². The maximum Gasteiger partial charge on any atom is 0.221 e. The van der Waals surface area contributed by atoms with E-state index in [2.05, 4.69) is 42.3 Å². The fraction of sp³-hybridized carbons (Fsp3) is 0.533. The van der Waals surface area contributed by atoms with Crippen molar-refractivity contribution in [1.82, 2.24) is 5.32 Å². The Morgan fingerprint density at radius 1 is 1.42 bits per heavy atom. The third-order valence-electron chi connectivity index (χ3n) is 2.99. The first-order valence-corrected chi connectivity index (χ1v) is 6.74. The van der Waals surface area contributed by atoms with Gasteiger partial charge >= 0.3 is 0 Å². The first-order valence-electron chi connectivity index (χ1n) is 6.74. The van der Waals surface area contributed by atoms with Crippen molar-refractivity contribution >= 4 is 11.6 Å². The Bertz CT molecular complexity index is 393. The predicted octanol–water partition coefficient (Wildman–Crippen LogP) is 1.97. The molecule has 0 fully saturated rings. The molecule has 0 radical (unpaired) electrons. The number of nitrogens with one attached hydrogen (secondary N) is 1. The highest BCUT2D eigenvalue weighted by atomic mass is 16.5. The third-order valence-corrected chi connectivity index (χ3v) is 2.99. The molecule has 106 valence electrons. The Morgan fingerprint density at radius 3 is 2.84 bits per heavy atom. The molecule has 0 aromatic heterocycles. The van der Waals surface area contributed by atoms with Crippen LogP contribution in [0.2, 0.25) is 0 Å². The minimum atomic E-state index is 0.0724. The van der Waals surface area contributed by atoms with Crippen molar-refractivity contribution in [3.8, 4) is 0 Å². The summed E-state index contributed by atoms with van der Waals surface area (Å²) in [6.45, 7) is 6.94. The molecular formula is C15H24N2O2. The number of rotatable bonds is 8. The van der Waals surface area contributed by atoms with E-state index in [0.29, 0.717) is 19.6 Å². The van der Waals surface area contributed by atoms with Crippen LogP contribution in [0.15, 0.2) is 24.3 Å². The van der Waals surface area contributed by atoms with Crippen LogP contribution in [0.5, 0.6) is 0 Å². The third kappa shape index (κ3) is 5.75. The number of hydrogen-bond donors (Lipinski definition) is 1. The van der Waals surface area contributed by atoms with Crippen LogP contribution < -0.4 is 10.2 Å². The van der Waals surface area contributed by atoms with Crippen LogP contribution in [0.1, 0.15) is 18.9 Å². The van der Waals surface area contributed by atoms with Crippen molar-refractivity contribution in [3.05, 3.63) is 29.8 Å². The molecule has 0 aliphatic rings. The van der Waals surface area contributed by atoms with E-state index in [9.17, 15) is 4.79 Å². The summed E-state index contributed by atoms with van der Waals surface area (Å²) in [7, 11) is 1.63. The molecule has 0 saturated heterocycles. The van der Waals surface area contributed by atoms with Crippen LogP contribution in [-0.4, -0.2) is 39.3 Å². The minimum Gasteiger partial charge on any atom is -0.383 e. The summed E-state index contributed by atoms with van der Waals surface area (Å²) in [5.74, 6) is 0.0724. The summed E-state index contributed by atoms with van der Waals surface area (Å²) < 4.78 is 4.90. The molecule has 0 spiro atoms. The van der Waals surface area contributed by atoms with Gasteiger partial charge in [0, 0.05) is 38.9 Å². The molecule has 1 rings (SSSR count). The van der Waals surface area contributed by atoms with Gasteiger partial charge in [0.05, 0.1) is 6.61 Å². The zero-order chi connectivity index (χ0) is 14.1. The van der Waals surface area contributed by atoms with Crippen LogP contribution in [-0.2, 0) is 9.53 Å². The summed E-state index contributed by atoms with van der Waals surface area (Å²) in [6.07, 6.45) is 0.505. The van der Waals surface area contributed by atoms with Crippen molar-refractivity contribution in [2.75, 3.05) is 38.3 Å². The SMILES string of the molecule is CCN(CCC(=O)NCCOC)c1cccc(C)c1. The molecule has 0 atom stereocenters. The van der Waals surface area contributed by atoms with Gasteiger partial charge in [-0.3, -0.25) is 4.79 Å². The van der Waals surface area contributed by atoms with Crippen LogP contribution in [0.3, 0.4) is 0 Å². The van der Waals surface area contributed by atoms with Gasteiger partial charge in [-0.1, -0.05) is 12.1 Å². The number of amides is 1. The van der Waals surface area contributed by atoms with Crippen molar-refractivity contribution in [1.29, 1.82) is 0 Å². The molecule has 0 unspecified atom stereocenters. The number of methoxy groups -OCH3 is 1. The quantitative estimate of drug-likeness (QED) is 0.730. The summed E-state index contributed by atoms with van der Waals surface area (Å²) in [6, 6.07) is 8.35. The van der Waals surface area contributed by atoms with E-state index in [-0.39, 0.29) is 5.91 Å². The van der Waals surface area contributed by atoms with Gasteiger partial charge in [0.25, 0.3) is 0 Å². The highest BCUT2D eigenvalue weighted by Crippen LogP contribution is 2.15. The number of benzene rings is 1. The Balaban J connectivity index is 2.42. The zero-order valence-electron chi connectivity index (χ0n) is 12.1. The lowest BCUT2D eigenvalue weighted by Crippen LogP contribution is -2.32. The first kappa shape index (κ1) is 15.5. The van der Waals surface area contributed by atoms with E-state index < -0.39 is 0 Å². The molecule has 4 heteroatoms. The Morgan fingerprint density at radius 2 is 2.21 bits per heavy atom. The number of aryl methyl sites for hydroxylation is 1. The zero-order valence-corrected chi connectivity index (χ0v) is 12.1. The fourth-order valence-electron chi connectivity index (χ4n) is 1.91. The number of anilines is 1. The van der Waals surface area contributed by atoms with Gasteiger partial charge < -0.3 is 15.0 Å². The van der Waals surface area contributed by atoms with E-state index in [1.54, 1.807) is 7.11 Å². The summed E-state index contributed by atoms with van der Waals surface area (Å²) in [5, 5.41) is 2.84. The van der Waals surface area contributed by atoms with Gasteiger partial charge in [0.1, 0.15) is 0 Å². The number of carbonyl (C=O) groups is 1. The summed E-state index contributed by atoms with van der Waals surface area (Å²) in [4.78, 5) is 13.9. The lowest BCUT2D eigenvalue weighted by atomic mass is 10.2. The standard InChI is InChI=1S/C15H24N2O2/c1-4-17(14-7-5-6-13(2)12-14)10-8-15(18)16-9-11-19-3/h5-7,12H,4,8-11H2,1-3H3,(H,16,18). The van der Waals surface area contributed by atoms with E-state index in [1.807, 2.05) is 6.07 Å². The Hall–Kier alpha value is -1.55. The van der Waals surface area contributed by atoms with Gasteiger partial charge in [-0.25, -0.2) is 0 Å². The van der Waals surface area contributed by atoms with E-state index in [4.69, 9.17) is 4.74 Å². The maximum atomic E-state index is 11.6. The summed E-state index contributed by atoms with van der Waals surface area (Å²) in [5.41, 5.74) is 2.41. The molecule has 4 nitrogen and oxygen atoms in total. The Labute approximate surface area is 115 Å². The van der Waals surface area contributed by atoms with Crippen LogP contribution in [0, 0.1) is 6.92 Å². The summed E-state index contributed by atoms with van der Waals surface area (Å²) >= 11 is 0. The van der Waals surface area contributed by atoms with Gasteiger partial charge in [-0.05, 0) is 31.5 Å². The molecule has 1 N–H and O–H groups in total. The fourth-order valence-corrected chi connectivity index (χ4v) is 1.91. The average molecular weight is 264 g/mol. The lowest BCUT2D eigenvalue weighted by Gasteiger charge is -2.23. The normalized spacial score (nSPS) is 10.3. The molecule has 0 aliphatic heterocycles. The number of ether oxygens (including phenoxy) is 1. The van der Waals surface area contributed by atoms with Gasteiger partial charge in [-0.15, -0.1) is 0 Å². The van der Waals surface area contributed by atoms with E-state index >= 15 is 0 Å². The number of hydrogen-bond acceptors (Lipinski definition) is 3. The lowest BCUT2D eigenvalue weighted by molar-refractivity contribution is -0.121. The molecule has 0 saturated carbocycles. The minimum absolute atomic E-state index is 0.0724. The molecule has 1 amide bonds. The highest BCUT2D eigenvalue weighted by molar-refractivity contribution is 5.76. The van der Waals surface area contributed by atoms with Crippen LogP contribution in [0.25, 0.3) is 0 Å². The predicted molar refractivity (Wildman–Crippen MR) is 78.6 cm³/mol. The highest BCUT2D eigenvalue weighted by Gasteiger charge is 2.07. The molecule has 1 aromatic rings. The molecule has 0 heterocycles. The van der Waals surface area contributed by atoms with Crippen molar-refractivity contribution in [2.24, 2.45) is 0 Å². The van der Waals surface area contributed by atoms with E-state index in [1.165, 1.54) is 11.3 Å². The topological polar surface area (TPSA) is 41.6 Å². The number of carbonyl (C=O) groups excluding carboxylic acids is 1.